The molecule has 4 heteroatoms. The molecule has 1 heterocycles. The molecular formula is C11H11N3O. The fourth-order valence-electron chi connectivity index (χ4n) is 1.12. The Hall–Kier alpha value is -2.15. The van der Waals surface area contributed by atoms with Gasteiger partial charge in [-0.3, -0.25) is 4.79 Å². The van der Waals surface area contributed by atoms with Gasteiger partial charge in [0.2, 0.25) is 5.91 Å². The molecule has 1 amide bonds. The van der Waals surface area contributed by atoms with Crippen LogP contribution in [0.1, 0.15) is 23.2 Å². The molecule has 0 saturated carbocycles. The van der Waals surface area contributed by atoms with E-state index in [4.69, 9.17) is 11.0 Å². The van der Waals surface area contributed by atoms with E-state index in [1.54, 1.807) is 18.3 Å². The lowest BCUT2D eigenvalue weighted by Gasteiger charge is -1.97. The van der Waals surface area contributed by atoms with E-state index in [9.17, 15) is 4.79 Å². The Morgan fingerprint density at radius 1 is 1.73 bits per heavy atom. The van der Waals surface area contributed by atoms with E-state index in [-0.39, 0.29) is 12.3 Å². The number of carbonyl (C=O) groups excluding carboxylic acids is 1. The van der Waals surface area contributed by atoms with Gasteiger partial charge in [0.25, 0.3) is 0 Å². The topological polar surface area (TPSA) is 79.8 Å². The summed E-state index contributed by atoms with van der Waals surface area (Å²) < 4.78 is 0. The number of nitriles is 1. The number of aromatic nitrogens is 1. The summed E-state index contributed by atoms with van der Waals surface area (Å²) in [4.78, 5) is 14.4. The van der Waals surface area contributed by atoms with E-state index < -0.39 is 0 Å². The monoisotopic (exact) mass is 201 g/mol. The molecule has 0 aliphatic rings. The first-order chi connectivity index (χ1) is 7.13. The van der Waals surface area contributed by atoms with Crippen molar-refractivity contribution in [1.82, 2.24) is 4.98 Å². The summed E-state index contributed by atoms with van der Waals surface area (Å²) in [7, 11) is 0. The molecule has 0 aliphatic carbocycles. The minimum Gasteiger partial charge on any atom is -0.369 e. The standard InChI is InChI=1S/C11H11N3O/c1-8-5-9(3-2-4-11(13)15)7-14-10(8)6-12/h2-3,5,7H,4H2,1H3,(H2,13,15). The number of aryl methyl sites for hydroxylation is 1. The molecule has 0 spiro atoms. The number of nitrogens with zero attached hydrogens (tertiary/aromatic N) is 2. The van der Waals surface area contributed by atoms with E-state index in [1.165, 1.54) is 0 Å². The highest BCUT2D eigenvalue weighted by molar-refractivity contribution is 5.76. The highest BCUT2D eigenvalue weighted by atomic mass is 16.1. The number of hydrogen-bond acceptors (Lipinski definition) is 3. The molecule has 1 rings (SSSR count). The van der Waals surface area contributed by atoms with Crippen molar-refractivity contribution < 1.29 is 4.79 Å². The number of amides is 1. The predicted octanol–water partition coefficient (Wildman–Crippen LogP) is 1.15. The third kappa shape index (κ3) is 3.24. The van der Waals surface area contributed by atoms with Gasteiger partial charge in [-0.05, 0) is 24.1 Å². The van der Waals surface area contributed by atoms with E-state index in [2.05, 4.69) is 4.98 Å². The molecule has 0 aliphatic heterocycles. The average Bonchev–Trinajstić information content (AvgIpc) is 2.17. The van der Waals surface area contributed by atoms with Crippen molar-refractivity contribution in [2.45, 2.75) is 13.3 Å². The van der Waals surface area contributed by atoms with Gasteiger partial charge in [0.1, 0.15) is 11.8 Å². The largest absolute Gasteiger partial charge is 0.369 e. The third-order valence-electron chi connectivity index (χ3n) is 1.83. The Morgan fingerprint density at radius 3 is 3.00 bits per heavy atom. The lowest BCUT2D eigenvalue weighted by atomic mass is 10.1. The molecular weight excluding hydrogens is 190 g/mol. The van der Waals surface area contributed by atoms with Gasteiger partial charge in [-0.1, -0.05) is 12.2 Å². The van der Waals surface area contributed by atoms with Crippen LogP contribution in [0.2, 0.25) is 0 Å². The summed E-state index contributed by atoms with van der Waals surface area (Å²) in [5, 5.41) is 8.67. The second kappa shape index (κ2) is 4.91. The second-order valence-electron chi connectivity index (χ2n) is 3.12. The maximum absolute atomic E-state index is 10.5. The van der Waals surface area contributed by atoms with Gasteiger partial charge >= 0.3 is 0 Å². The lowest BCUT2D eigenvalue weighted by molar-refractivity contribution is -0.117. The van der Waals surface area contributed by atoms with Gasteiger partial charge in [0.15, 0.2) is 0 Å². The second-order valence-corrected chi connectivity index (χ2v) is 3.12. The van der Waals surface area contributed by atoms with Crippen molar-refractivity contribution in [1.29, 1.82) is 5.26 Å². The molecule has 76 valence electrons. The number of carbonyl (C=O) groups is 1. The molecule has 0 fully saturated rings. The highest BCUT2D eigenvalue weighted by Crippen LogP contribution is 2.08. The zero-order valence-corrected chi connectivity index (χ0v) is 8.40. The zero-order chi connectivity index (χ0) is 11.3. The fraction of sp³-hybridized carbons (Fsp3) is 0.182. The van der Waals surface area contributed by atoms with Crippen LogP contribution in [0.3, 0.4) is 0 Å². The first-order valence-corrected chi connectivity index (χ1v) is 4.45. The Labute approximate surface area is 88.0 Å². The maximum atomic E-state index is 10.5. The Bertz CT molecular complexity index is 444. The van der Waals surface area contributed by atoms with Crippen LogP contribution in [-0.4, -0.2) is 10.9 Å². The van der Waals surface area contributed by atoms with Crippen molar-refractivity contribution in [3.8, 4) is 6.07 Å². The van der Waals surface area contributed by atoms with Gasteiger partial charge in [-0.25, -0.2) is 4.98 Å². The molecule has 0 aromatic carbocycles. The first kappa shape index (κ1) is 10.9. The van der Waals surface area contributed by atoms with Crippen LogP contribution in [0, 0.1) is 18.3 Å². The van der Waals surface area contributed by atoms with Crippen LogP contribution in [0.5, 0.6) is 0 Å². The smallest absolute Gasteiger partial charge is 0.221 e. The number of rotatable bonds is 3. The van der Waals surface area contributed by atoms with E-state index in [1.807, 2.05) is 19.1 Å². The Kier molecular flexibility index (Phi) is 3.58. The van der Waals surface area contributed by atoms with Crippen LogP contribution in [0.15, 0.2) is 18.3 Å². The summed E-state index contributed by atoms with van der Waals surface area (Å²) in [6.45, 7) is 1.82. The molecule has 0 unspecified atom stereocenters. The third-order valence-corrected chi connectivity index (χ3v) is 1.83. The number of nitrogens with two attached hydrogens (primary N) is 1. The van der Waals surface area contributed by atoms with Gasteiger partial charge in [-0.2, -0.15) is 5.26 Å². The fourth-order valence-corrected chi connectivity index (χ4v) is 1.12. The molecule has 2 N–H and O–H groups in total. The van der Waals surface area contributed by atoms with Gasteiger partial charge in [-0.15, -0.1) is 0 Å². The van der Waals surface area contributed by atoms with Crippen LogP contribution >= 0.6 is 0 Å². The molecule has 1 aromatic heterocycles. The van der Waals surface area contributed by atoms with Crippen molar-refractivity contribution in [3.05, 3.63) is 35.2 Å². The summed E-state index contributed by atoms with van der Waals surface area (Å²) in [5.74, 6) is -0.371. The van der Waals surface area contributed by atoms with Gasteiger partial charge < -0.3 is 5.73 Å². The average molecular weight is 201 g/mol. The zero-order valence-electron chi connectivity index (χ0n) is 8.40. The Morgan fingerprint density at radius 2 is 2.47 bits per heavy atom. The minimum atomic E-state index is -0.371. The summed E-state index contributed by atoms with van der Waals surface area (Å²) in [5.41, 5.74) is 7.07. The van der Waals surface area contributed by atoms with Gasteiger partial charge in [0, 0.05) is 12.6 Å². The molecule has 0 atom stereocenters. The van der Waals surface area contributed by atoms with Crippen LogP contribution < -0.4 is 5.73 Å². The number of pyridine rings is 1. The number of primary amides is 1. The predicted molar refractivity (Wildman–Crippen MR) is 56.5 cm³/mol. The SMILES string of the molecule is Cc1cc(C=CCC(N)=O)cnc1C#N. The van der Waals surface area contributed by atoms with E-state index in [0.29, 0.717) is 5.69 Å². The van der Waals surface area contributed by atoms with Crippen LogP contribution in [0.4, 0.5) is 0 Å². The molecule has 0 saturated heterocycles. The molecule has 15 heavy (non-hydrogen) atoms. The normalized spacial score (nSPS) is 10.1. The maximum Gasteiger partial charge on any atom is 0.221 e. The van der Waals surface area contributed by atoms with Crippen molar-refractivity contribution in [3.63, 3.8) is 0 Å². The summed E-state index contributed by atoms with van der Waals surface area (Å²) in [6.07, 6.45) is 5.22. The molecule has 0 bridgehead atoms. The molecule has 4 nitrogen and oxygen atoms in total. The summed E-state index contributed by atoms with van der Waals surface area (Å²) >= 11 is 0. The molecule has 0 radical (unpaired) electrons. The van der Waals surface area contributed by atoms with Crippen LogP contribution in [0.25, 0.3) is 6.08 Å². The quantitative estimate of drug-likeness (QED) is 0.796. The lowest BCUT2D eigenvalue weighted by Crippen LogP contribution is -2.07. The highest BCUT2D eigenvalue weighted by Gasteiger charge is 1.98. The molecule has 1 aromatic rings. The van der Waals surface area contributed by atoms with Crippen molar-refractivity contribution in [2.24, 2.45) is 5.73 Å². The van der Waals surface area contributed by atoms with Crippen molar-refractivity contribution >= 4 is 12.0 Å². The van der Waals surface area contributed by atoms with Crippen LogP contribution in [-0.2, 0) is 4.79 Å². The summed E-state index contributed by atoms with van der Waals surface area (Å²) in [6, 6.07) is 3.82. The van der Waals surface area contributed by atoms with Gasteiger partial charge in [0.05, 0.1) is 0 Å². The van der Waals surface area contributed by atoms with E-state index in [0.717, 1.165) is 11.1 Å². The number of hydrogen-bond donors (Lipinski definition) is 1. The van der Waals surface area contributed by atoms with Crippen molar-refractivity contribution in [2.75, 3.05) is 0 Å². The van der Waals surface area contributed by atoms with E-state index >= 15 is 0 Å². The minimum absolute atomic E-state index is 0.207. The Balaban J connectivity index is 2.81. The first-order valence-electron chi connectivity index (χ1n) is 4.45.